The molecule has 1 aromatic carbocycles. The number of aromatic nitrogens is 2. The molecule has 0 radical (unpaired) electrons. The SMILES string of the molecule is CNCCc1cn(Cc2ccc(C(C)C)cc2)cn1. The van der Waals surface area contributed by atoms with Gasteiger partial charge in [-0.1, -0.05) is 38.1 Å². The lowest BCUT2D eigenvalue weighted by Gasteiger charge is -2.07. The van der Waals surface area contributed by atoms with Crippen molar-refractivity contribution in [1.29, 1.82) is 0 Å². The number of hydrogen-bond donors (Lipinski definition) is 1. The molecule has 3 nitrogen and oxygen atoms in total. The second kappa shape index (κ2) is 6.53. The molecule has 0 unspecified atom stereocenters. The van der Waals surface area contributed by atoms with Gasteiger partial charge in [0.15, 0.2) is 0 Å². The van der Waals surface area contributed by atoms with E-state index in [0.717, 1.165) is 25.2 Å². The second-order valence-corrected chi connectivity index (χ2v) is 5.29. The van der Waals surface area contributed by atoms with Gasteiger partial charge in [-0.05, 0) is 24.1 Å². The Morgan fingerprint density at radius 2 is 1.95 bits per heavy atom. The van der Waals surface area contributed by atoms with E-state index in [4.69, 9.17) is 0 Å². The van der Waals surface area contributed by atoms with Gasteiger partial charge in [0.1, 0.15) is 0 Å². The smallest absolute Gasteiger partial charge is 0.0952 e. The molecule has 0 saturated carbocycles. The topological polar surface area (TPSA) is 29.9 Å². The van der Waals surface area contributed by atoms with E-state index in [9.17, 15) is 0 Å². The summed E-state index contributed by atoms with van der Waals surface area (Å²) in [6, 6.07) is 8.86. The highest BCUT2D eigenvalue weighted by Gasteiger charge is 2.01. The van der Waals surface area contributed by atoms with Gasteiger partial charge in [-0.25, -0.2) is 4.98 Å². The maximum absolute atomic E-state index is 4.42. The first-order valence-electron chi connectivity index (χ1n) is 6.93. The molecule has 0 saturated heterocycles. The Morgan fingerprint density at radius 3 is 2.58 bits per heavy atom. The number of imidazole rings is 1. The van der Waals surface area contributed by atoms with Crippen molar-refractivity contribution in [1.82, 2.24) is 14.9 Å². The Labute approximate surface area is 115 Å². The molecule has 19 heavy (non-hydrogen) atoms. The van der Waals surface area contributed by atoms with Crippen molar-refractivity contribution in [3.05, 3.63) is 53.6 Å². The Balaban J connectivity index is 1.98. The fraction of sp³-hybridized carbons (Fsp3) is 0.438. The van der Waals surface area contributed by atoms with Crippen LogP contribution in [-0.2, 0) is 13.0 Å². The average Bonchev–Trinajstić information content (AvgIpc) is 2.84. The summed E-state index contributed by atoms with van der Waals surface area (Å²) in [6.45, 7) is 6.31. The molecular formula is C16H23N3. The van der Waals surface area contributed by atoms with Crippen LogP contribution in [0.5, 0.6) is 0 Å². The van der Waals surface area contributed by atoms with E-state index in [1.165, 1.54) is 11.1 Å². The number of nitrogens with one attached hydrogen (secondary N) is 1. The summed E-state index contributed by atoms with van der Waals surface area (Å²) in [5.74, 6) is 0.593. The average molecular weight is 257 g/mol. The molecule has 3 heteroatoms. The molecule has 0 spiro atoms. The van der Waals surface area contributed by atoms with Crippen molar-refractivity contribution in [3.63, 3.8) is 0 Å². The molecule has 0 bridgehead atoms. The standard InChI is InChI=1S/C16H23N3/c1-13(2)15-6-4-14(5-7-15)10-19-11-16(18-12-19)8-9-17-3/h4-7,11-13,17H,8-10H2,1-3H3. The fourth-order valence-corrected chi connectivity index (χ4v) is 2.09. The van der Waals surface area contributed by atoms with Crippen molar-refractivity contribution in [2.75, 3.05) is 13.6 Å². The number of rotatable bonds is 6. The molecule has 2 aromatic rings. The monoisotopic (exact) mass is 257 g/mol. The Kier molecular flexibility index (Phi) is 4.74. The molecule has 0 atom stereocenters. The Bertz CT molecular complexity index is 497. The summed E-state index contributed by atoms with van der Waals surface area (Å²) < 4.78 is 2.15. The lowest BCUT2D eigenvalue weighted by atomic mass is 10.0. The first-order valence-corrected chi connectivity index (χ1v) is 6.93. The summed E-state index contributed by atoms with van der Waals surface area (Å²) in [6.07, 6.45) is 5.03. The number of nitrogens with zero attached hydrogens (tertiary/aromatic N) is 2. The van der Waals surface area contributed by atoms with Crippen LogP contribution in [0, 0.1) is 0 Å². The molecular weight excluding hydrogens is 234 g/mol. The highest BCUT2D eigenvalue weighted by molar-refractivity contribution is 5.25. The second-order valence-electron chi connectivity index (χ2n) is 5.29. The first-order chi connectivity index (χ1) is 9.19. The van der Waals surface area contributed by atoms with E-state index in [1.54, 1.807) is 0 Å². The Hall–Kier alpha value is -1.61. The molecule has 0 aliphatic carbocycles. The predicted molar refractivity (Wildman–Crippen MR) is 79.5 cm³/mol. The van der Waals surface area contributed by atoms with Gasteiger partial charge in [-0.3, -0.25) is 0 Å². The van der Waals surface area contributed by atoms with Crippen molar-refractivity contribution >= 4 is 0 Å². The first kappa shape index (κ1) is 13.8. The molecule has 0 aliphatic heterocycles. The van der Waals surface area contributed by atoms with Crippen molar-refractivity contribution < 1.29 is 0 Å². The van der Waals surface area contributed by atoms with Gasteiger partial charge in [0.2, 0.25) is 0 Å². The van der Waals surface area contributed by atoms with Crippen LogP contribution < -0.4 is 5.32 Å². The van der Waals surface area contributed by atoms with Crippen molar-refractivity contribution in [2.45, 2.75) is 32.7 Å². The van der Waals surface area contributed by atoms with Gasteiger partial charge >= 0.3 is 0 Å². The number of hydrogen-bond acceptors (Lipinski definition) is 2. The third kappa shape index (κ3) is 3.93. The zero-order valence-electron chi connectivity index (χ0n) is 12.1. The summed E-state index contributed by atoms with van der Waals surface area (Å²) >= 11 is 0. The zero-order valence-corrected chi connectivity index (χ0v) is 12.1. The van der Waals surface area contributed by atoms with E-state index in [1.807, 2.05) is 13.4 Å². The van der Waals surface area contributed by atoms with Crippen LogP contribution in [0.2, 0.25) is 0 Å². The van der Waals surface area contributed by atoms with Crippen LogP contribution in [0.15, 0.2) is 36.8 Å². The maximum atomic E-state index is 4.42. The zero-order chi connectivity index (χ0) is 13.7. The maximum Gasteiger partial charge on any atom is 0.0952 e. The fourth-order valence-electron chi connectivity index (χ4n) is 2.09. The van der Waals surface area contributed by atoms with E-state index in [-0.39, 0.29) is 0 Å². The van der Waals surface area contributed by atoms with Crippen LogP contribution in [0.1, 0.15) is 36.6 Å². The van der Waals surface area contributed by atoms with Gasteiger partial charge < -0.3 is 9.88 Å². The van der Waals surface area contributed by atoms with Gasteiger partial charge in [0.25, 0.3) is 0 Å². The minimum absolute atomic E-state index is 0.593. The van der Waals surface area contributed by atoms with Crippen molar-refractivity contribution in [3.8, 4) is 0 Å². The number of benzene rings is 1. The van der Waals surface area contributed by atoms with Crippen LogP contribution in [0.4, 0.5) is 0 Å². The minimum Gasteiger partial charge on any atom is -0.333 e. The van der Waals surface area contributed by atoms with Crippen LogP contribution >= 0.6 is 0 Å². The molecule has 1 N–H and O–H groups in total. The highest BCUT2D eigenvalue weighted by atomic mass is 15.0. The van der Waals surface area contributed by atoms with Crippen LogP contribution in [0.25, 0.3) is 0 Å². The molecule has 1 heterocycles. The lowest BCUT2D eigenvalue weighted by molar-refractivity contribution is 0.773. The summed E-state index contributed by atoms with van der Waals surface area (Å²) in [7, 11) is 1.97. The summed E-state index contributed by atoms with van der Waals surface area (Å²) in [5.41, 5.74) is 3.86. The van der Waals surface area contributed by atoms with Gasteiger partial charge in [0.05, 0.1) is 12.0 Å². The minimum atomic E-state index is 0.593. The lowest BCUT2D eigenvalue weighted by Crippen LogP contribution is -2.10. The molecule has 0 aliphatic rings. The predicted octanol–water partition coefficient (Wildman–Crippen LogP) is 2.82. The highest BCUT2D eigenvalue weighted by Crippen LogP contribution is 2.15. The third-order valence-electron chi connectivity index (χ3n) is 3.33. The van der Waals surface area contributed by atoms with Crippen molar-refractivity contribution in [2.24, 2.45) is 0 Å². The van der Waals surface area contributed by atoms with E-state index >= 15 is 0 Å². The van der Waals surface area contributed by atoms with E-state index < -0.39 is 0 Å². The van der Waals surface area contributed by atoms with Gasteiger partial charge in [0, 0.05) is 25.7 Å². The number of likely N-dealkylation sites (N-methyl/N-ethyl adjacent to an activating group) is 1. The normalized spacial score (nSPS) is 11.2. The molecule has 102 valence electrons. The largest absolute Gasteiger partial charge is 0.333 e. The van der Waals surface area contributed by atoms with Gasteiger partial charge in [-0.15, -0.1) is 0 Å². The van der Waals surface area contributed by atoms with E-state index in [0.29, 0.717) is 5.92 Å². The quantitative estimate of drug-likeness (QED) is 0.862. The molecule has 2 rings (SSSR count). The van der Waals surface area contributed by atoms with Crippen LogP contribution in [0.3, 0.4) is 0 Å². The molecule has 0 amide bonds. The van der Waals surface area contributed by atoms with Crippen LogP contribution in [-0.4, -0.2) is 23.1 Å². The Morgan fingerprint density at radius 1 is 1.21 bits per heavy atom. The summed E-state index contributed by atoms with van der Waals surface area (Å²) in [4.78, 5) is 4.42. The molecule has 1 aromatic heterocycles. The third-order valence-corrected chi connectivity index (χ3v) is 3.33. The van der Waals surface area contributed by atoms with E-state index in [2.05, 4.69) is 59.2 Å². The summed E-state index contributed by atoms with van der Waals surface area (Å²) in [5, 5.41) is 3.14. The molecule has 0 fully saturated rings. The van der Waals surface area contributed by atoms with Gasteiger partial charge in [-0.2, -0.15) is 0 Å².